The summed E-state index contributed by atoms with van der Waals surface area (Å²) in [5.74, 6) is 0.199. The predicted octanol–water partition coefficient (Wildman–Crippen LogP) is 4.13. The van der Waals surface area contributed by atoms with Crippen LogP contribution in [0.15, 0.2) is 60.7 Å². The average Bonchev–Trinajstić information content (AvgIpc) is 3.52. The van der Waals surface area contributed by atoms with Gasteiger partial charge < -0.3 is 0 Å². The van der Waals surface area contributed by atoms with Crippen molar-refractivity contribution in [3.8, 4) is 0 Å². The van der Waals surface area contributed by atoms with Crippen molar-refractivity contribution < 1.29 is 14.4 Å². The van der Waals surface area contributed by atoms with Gasteiger partial charge in [-0.1, -0.05) is 54.1 Å². The van der Waals surface area contributed by atoms with E-state index in [9.17, 15) is 14.4 Å². The lowest BCUT2D eigenvalue weighted by Crippen LogP contribution is -2.40. The van der Waals surface area contributed by atoms with Crippen LogP contribution in [-0.2, 0) is 9.59 Å². The Kier molecular flexibility index (Phi) is 3.49. The lowest BCUT2D eigenvalue weighted by Gasteiger charge is -2.37. The summed E-state index contributed by atoms with van der Waals surface area (Å²) in [5.41, 5.74) is 1.13. The number of nitrogens with zero attached hydrogens (tertiary/aromatic N) is 1. The number of amides is 2. The molecule has 5 heteroatoms. The molecule has 2 bridgehead atoms. The Balaban J connectivity index is 1.45. The first-order chi connectivity index (χ1) is 14.1. The lowest BCUT2D eigenvalue weighted by molar-refractivity contribution is -0.124. The third-order valence-corrected chi connectivity index (χ3v) is 7.38. The Morgan fingerprint density at radius 1 is 0.897 bits per heavy atom. The van der Waals surface area contributed by atoms with Gasteiger partial charge in [0.15, 0.2) is 5.78 Å². The van der Waals surface area contributed by atoms with Crippen molar-refractivity contribution in [1.82, 2.24) is 0 Å². The monoisotopic (exact) mass is 403 g/mol. The van der Waals surface area contributed by atoms with Gasteiger partial charge in [-0.3, -0.25) is 14.4 Å². The minimum atomic E-state index is -0.295. The summed E-state index contributed by atoms with van der Waals surface area (Å²) < 4.78 is 0. The van der Waals surface area contributed by atoms with E-state index in [1.165, 1.54) is 4.90 Å². The van der Waals surface area contributed by atoms with Gasteiger partial charge in [-0.05, 0) is 48.3 Å². The third kappa shape index (κ3) is 2.29. The maximum absolute atomic E-state index is 13.4. The van der Waals surface area contributed by atoms with E-state index in [-0.39, 0.29) is 46.8 Å². The van der Waals surface area contributed by atoms with Gasteiger partial charge >= 0.3 is 0 Å². The number of halogens is 1. The second-order valence-corrected chi connectivity index (χ2v) is 8.96. The van der Waals surface area contributed by atoms with Crippen molar-refractivity contribution >= 4 is 34.9 Å². The molecule has 0 radical (unpaired) electrons. The van der Waals surface area contributed by atoms with Crippen LogP contribution in [0.4, 0.5) is 5.69 Å². The molecule has 2 amide bonds. The molecule has 1 heterocycles. The summed E-state index contributed by atoms with van der Waals surface area (Å²) in [7, 11) is 0. The summed E-state index contributed by atoms with van der Waals surface area (Å²) in [6.45, 7) is 0. The maximum atomic E-state index is 13.4. The Bertz CT molecular complexity index is 1070. The normalized spacial score (nSPS) is 33.6. The molecule has 0 aromatic heterocycles. The van der Waals surface area contributed by atoms with Gasteiger partial charge in [0.25, 0.3) is 0 Å². The van der Waals surface area contributed by atoms with Crippen LogP contribution in [0.25, 0.3) is 0 Å². The zero-order chi connectivity index (χ0) is 19.9. The van der Waals surface area contributed by atoms with Gasteiger partial charge in [-0.25, -0.2) is 4.90 Å². The largest absolute Gasteiger partial charge is 0.289 e. The number of ketones is 1. The molecule has 0 N–H and O–H groups in total. The summed E-state index contributed by atoms with van der Waals surface area (Å²) in [6, 6.07) is 13.7. The van der Waals surface area contributed by atoms with E-state index in [2.05, 4.69) is 12.2 Å². The number of rotatable bonds is 3. The molecule has 3 fully saturated rings. The minimum absolute atomic E-state index is 0.150. The maximum Gasteiger partial charge on any atom is 0.238 e. The molecule has 6 atom stereocenters. The van der Waals surface area contributed by atoms with E-state index in [4.69, 9.17) is 11.6 Å². The Labute approximate surface area is 173 Å². The van der Waals surface area contributed by atoms with Crippen LogP contribution in [-0.4, -0.2) is 17.6 Å². The van der Waals surface area contributed by atoms with E-state index in [1.807, 2.05) is 6.07 Å². The quantitative estimate of drug-likeness (QED) is 0.440. The van der Waals surface area contributed by atoms with Crippen molar-refractivity contribution in [2.24, 2.45) is 35.5 Å². The molecule has 144 valence electrons. The molecule has 2 saturated carbocycles. The molecule has 5 aliphatic rings. The van der Waals surface area contributed by atoms with Gasteiger partial charge in [0.05, 0.1) is 17.5 Å². The summed E-state index contributed by atoms with van der Waals surface area (Å²) in [6.07, 6.45) is 5.41. The van der Waals surface area contributed by atoms with Crippen LogP contribution in [0.1, 0.15) is 22.3 Å². The molecule has 0 unspecified atom stereocenters. The Morgan fingerprint density at radius 2 is 1.52 bits per heavy atom. The fourth-order valence-corrected chi connectivity index (χ4v) is 6.00. The van der Waals surface area contributed by atoms with Gasteiger partial charge in [0.2, 0.25) is 11.8 Å². The molecule has 1 saturated heterocycles. The van der Waals surface area contributed by atoms with Gasteiger partial charge in [0.1, 0.15) is 0 Å². The van der Waals surface area contributed by atoms with Crippen molar-refractivity contribution in [2.75, 3.05) is 4.90 Å². The van der Waals surface area contributed by atoms with E-state index >= 15 is 0 Å². The molecular formula is C24H18ClNO3. The van der Waals surface area contributed by atoms with Gasteiger partial charge in [-0.2, -0.15) is 0 Å². The topological polar surface area (TPSA) is 54.5 Å². The van der Waals surface area contributed by atoms with E-state index in [1.54, 1.807) is 42.5 Å². The van der Waals surface area contributed by atoms with Gasteiger partial charge in [-0.15, -0.1) is 0 Å². The zero-order valence-corrected chi connectivity index (χ0v) is 16.3. The van der Waals surface area contributed by atoms with Crippen LogP contribution in [0, 0.1) is 35.5 Å². The lowest BCUT2D eigenvalue weighted by atomic mass is 9.63. The molecule has 4 nitrogen and oxygen atoms in total. The van der Waals surface area contributed by atoms with Crippen LogP contribution < -0.4 is 4.90 Å². The number of allylic oxidation sites excluding steroid dienone is 2. The van der Waals surface area contributed by atoms with Crippen molar-refractivity contribution in [3.05, 3.63) is 76.8 Å². The first-order valence-corrected chi connectivity index (χ1v) is 10.4. The predicted molar refractivity (Wildman–Crippen MR) is 109 cm³/mol. The first kappa shape index (κ1) is 17.2. The first-order valence-electron chi connectivity index (χ1n) is 10.0. The highest BCUT2D eigenvalue weighted by molar-refractivity contribution is 6.32. The SMILES string of the molecule is O=C(c1ccccc1)c1cc(Cl)ccc1N1C(=O)[C@@H]2[C@@H]3C=C[C@H]([C@@H]4C[C@H]34)[C@H]2C1=O. The van der Waals surface area contributed by atoms with Crippen LogP contribution in [0.3, 0.4) is 0 Å². The van der Waals surface area contributed by atoms with E-state index in [0.29, 0.717) is 28.1 Å². The second-order valence-electron chi connectivity index (χ2n) is 8.52. The van der Waals surface area contributed by atoms with Crippen LogP contribution >= 0.6 is 11.6 Å². The molecule has 2 aromatic rings. The number of benzene rings is 2. The standard InChI is InChI=1S/C24H18ClNO3/c25-13-6-9-19(18(10-13)22(27)12-4-2-1-3-5-12)26-23(28)20-14-7-8-15(17-11-16(14)17)21(20)24(26)29/h1-10,14-17,20-21H,11H2/t14-,15-,16-,17+,20-,21-/m1/s1. The molecule has 7 rings (SSSR count). The highest BCUT2D eigenvalue weighted by atomic mass is 35.5. The fraction of sp³-hybridized carbons (Fsp3) is 0.292. The molecular weight excluding hydrogens is 386 g/mol. The smallest absolute Gasteiger partial charge is 0.238 e. The van der Waals surface area contributed by atoms with Crippen molar-refractivity contribution in [3.63, 3.8) is 0 Å². The minimum Gasteiger partial charge on any atom is -0.289 e. The second kappa shape index (κ2) is 5.90. The van der Waals surface area contributed by atoms with Gasteiger partial charge in [0, 0.05) is 16.1 Å². The molecule has 0 spiro atoms. The molecule has 4 aliphatic carbocycles. The Morgan fingerprint density at radius 3 is 2.14 bits per heavy atom. The average molecular weight is 404 g/mol. The molecule has 1 aliphatic heterocycles. The molecule has 2 aromatic carbocycles. The van der Waals surface area contributed by atoms with Crippen molar-refractivity contribution in [1.29, 1.82) is 0 Å². The Hall–Kier alpha value is -2.72. The fourth-order valence-electron chi connectivity index (χ4n) is 5.82. The highest BCUT2D eigenvalue weighted by Crippen LogP contribution is 2.65. The van der Waals surface area contributed by atoms with Crippen LogP contribution in [0.5, 0.6) is 0 Å². The number of hydrogen-bond acceptors (Lipinski definition) is 3. The summed E-state index contributed by atoms with van der Waals surface area (Å²) in [4.78, 5) is 41.3. The van der Waals surface area contributed by atoms with Crippen LogP contribution in [0.2, 0.25) is 5.02 Å². The number of carbonyl (C=O) groups excluding carboxylic acids is 3. The number of hydrogen-bond donors (Lipinski definition) is 0. The third-order valence-electron chi connectivity index (χ3n) is 7.14. The zero-order valence-electron chi connectivity index (χ0n) is 15.5. The van der Waals surface area contributed by atoms with Crippen molar-refractivity contribution in [2.45, 2.75) is 6.42 Å². The van der Waals surface area contributed by atoms with E-state index < -0.39 is 0 Å². The summed E-state index contributed by atoms with van der Waals surface area (Å²) >= 11 is 6.18. The number of anilines is 1. The summed E-state index contributed by atoms with van der Waals surface area (Å²) in [5, 5.41) is 0.396. The highest BCUT2D eigenvalue weighted by Gasteiger charge is 2.67. The number of carbonyl (C=O) groups is 3. The van der Waals surface area contributed by atoms with E-state index in [0.717, 1.165) is 6.42 Å². The number of imide groups is 1. The molecule has 29 heavy (non-hydrogen) atoms.